The molecule has 0 aromatic carbocycles. The van der Waals surface area contributed by atoms with Crippen molar-refractivity contribution in [2.75, 3.05) is 46.8 Å². The molecule has 3 heterocycles. The molecule has 3 aliphatic rings. The first-order chi connectivity index (χ1) is 10.1. The first-order valence-electron chi connectivity index (χ1n) is 8.44. The van der Waals surface area contributed by atoms with E-state index in [1.54, 1.807) is 0 Å². The molecular formula is C16H29N3O2. The number of carbonyl (C=O) groups excluding carboxylic acids is 1. The Hall–Kier alpha value is -0.650. The zero-order chi connectivity index (χ0) is 14.8. The highest BCUT2D eigenvalue weighted by atomic mass is 16.5. The van der Waals surface area contributed by atoms with E-state index in [2.05, 4.69) is 28.8 Å². The summed E-state index contributed by atoms with van der Waals surface area (Å²) in [6.45, 7) is 5.21. The van der Waals surface area contributed by atoms with E-state index in [0.29, 0.717) is 18.5 Å². The van der Waals surface area contributed by atoms with Crippen LogP contribution in [-0.2, 0) is 9.53 Å². The first kappa shape index (κ1) is 15.3. The topological polar surface area (TPSA) is 36.0 Å². The molecule has 0 spiro atoms. The van der Waals surface area contributed by atoms with Crippen molar-refractivity contribution in [3.05, 3.63) is 0 Å². The molecule has 3 fully saturated rings. The van der Waals surface area contributed by atoms with Crippen LogP contribution in [0.5, 0.6) is 0 Å². The van der Waals surface area contributed by atoms with Crippen molar-refractivity contribution in [1.29, 1.82) is 0 Å². The molecular weight excluding hydrogens is 266 g/mol. The van der Waals surface area contributed by atoms with Gasteiger partial charge in [0.1, 0.15) is 6.10 Å². The monoisotopic (exact) mass is 295 g/mol. The van der Waals surface area contributed by atoms with Crippen LogP contribution >= 0.6 is 0 Å². The van der Waals surface area contributed by atoms with Crippen molar-refractivity contribution >= 4 is 5.97 Å². The van der Waals surface area contributed by atoms with Crippen LogP contribution < -0.4 is 0 Å². The quantitative estimate of drug-likeness (QED) is 0.717. The minimum absolute atomic E-state index is 0.00267. The van der Waals surface area contributed by atoms with Crippen LogP contribution in [0, 0.1) is 0 Å². The number of rotatable bonds is 4. The highest BCUT2D eigenvalue weighted by molar-refractivity contribution is 5.69. The number of nitrogens with zero attached hydrogens (tertiary/aromatic N) is 3. The van der Waals surface area contributed by atoms with Gasteiger partial charge in [0.25, 0.3) is 0 Å². The van der Waals surface area contributed by atoms with Gasteiger partial charge < -0.3 is 19.4 Å². The SMILES string of the molecule is CN1CCN(CCC(=O)OC2C[C@@H]3CC[C@@H](C2)N3C)CC1. The third kappa shape index (κ3) is 3.76. The van der Waals surface area contributed by atoms with Crippen molar-refractivity contribution in [3.8, 4) is 0 Å². The Morgan fingerprint density at radius 2 is 1.67 bits per heavy atom. The maximum Gasteiger partial charge on any atom is 0.307 e. The highest BCUT2D eigenvalue weighted by Crippen LogP contribution is 2.35. The maximum absolute atomic E-state index is 12.1. The van der Waals surface area contributed by atoms with E-state index in [4.69, 9.17) is 4.74 Å². The summed E-state index contributed by atoms with van der Waals surface area (Å²) in [5.74, 6) is 0.00267. The predicted octanol–water partition coefficient (Wildman–Crippen LogP) is 0.792. The van der Waals surface area contributed by atoms with Crippen molar-refractivity contribution in [2.45, 2.75) is 50.3 Å². The Morgan fingerprint density at radius 1 is 1.05 bits per heavy atom. The molecule has 5 nitrogen and oxygen atoms in total. The number of fused-ring (bicyclic) bond motifs is 2. The smallest absolute Gasteiger partial charge is 0.307 e. The van der Waals surface area contributed by atoms with Crippen LogP contribution in [0.2, 0.25) is 0 Å². The average Bonchev–Trinajstić information content (AvgIpc) is 2.69. The lowest BCUT2D eigenvalue weighted by atomic mass is 10.0. The zero-order valence-corrected chi connectivity index (χ0v) is 13.5. The van der Waals surface area contributed by atoms with Crippen molar-refractivity contribution in [1.82, 2.24) is 14.7 Å². The second-order valence-electron chi connectivity index (χ2n) is 7.03. The Bertz CT molecular complexity index is 355. The zero-order valence-electron chi connectivity index (χ0n) is 13.5. The van der Waals surface area contributed by atoms with Gasteiger partial charge in [0.15, 0.2) is 0 Å². The Balaban J connectivity index is 1.37. The summed E-state index contributed by atoms with van der Waals surface area (Å²) < 4.78 is 5.73. The van der Waals surface area contributed by atoms with Gasteiger partial charge >= 0.3 is 5.97 Å². The van der Waals surface area contributed by atoms with Gasteiger partial charge in [-0.25, -0.2) is 0 Å². The largest absolute Gasteiger partial charge is 0.462 e. The molecule has 0 aromatic heterocycles. The first-order valence-corrected chi connectivity index (χ1v) is 8.44. The number of ether oxygens (including phenoxy) is 1. The summed E-state index contributed by atoms with van der Waals surface area (Å²) >= 11 is 0. The minimum Gasteiger partial charge on any atom is -0.462 e. The molecule has 3 rings (SSSR count). The summed E-state index contributed by atoms with van der Waals surface area (Å²) in [5, 5.41) is 0. The number of likely N-dealkylation sites (N-methyl/N-ethyl adjacent to an activating group) is 1. The number of piperidine rings is 1. The fourth-order valence-corrected chi connectivity index (χ4v) is 4.02. The fraction of sp³-hybridized carbons (Fsp3) is 0.938. The minimum atomic E-state index is 0.00267. The van der Waals surface area contributed by atoms with Crippen LogP contribution in [-0.4, -0.2) is 85.7 Å². The summed E-state index contributed by atoms with van der Waals surface area (Å²) in [6, 6.07) is 1.28. The second-order valence-corrected chi connectivity index (χ2v) is 7.03. The lowest BCUT2D eigenvalue weighted by Crippen LogP contribution is -2.45. The van der Waals surface area contributed by atoms with Gasteiger partial charge in [0.05, 0.1) is 6.42 Å². The molecule has 5 heteroatoms. The molecule has 0 unspecified atom stereocenters. The Kier molecular flexibility index (Phi) is 4.82. The summed E-state index contributed by atoms with van der Waals surface area (Å²) in [4.78, 5) is 19.3. The molecule has 0 amide bonds. The predicted molar refractivity (Wildman–Crippen MR) is 82.2 cm³/mol. The molecule has 0 radical (unpaired) electrons. The van der Waals surface area contributed by atoms with Gasteiger partial charge in [-0.1, -0.05) is 0 Å². The summed E-state index contributed by atoms with van der Waals surface area (Å²) in [7, 11) is 4.37. The number of hydrogen-bond acceptors (Lipinski definition) is 5. The maximum atomic E-state index is 12.1. The standard InChI is InChI=1S/C16H29N3O2/c1-17-7-9-19(10-8-17)6-5-16(20)21-15-11-13-3-4-14(12-15)18(13)2/h13-15H,3-12H2,1-2H3/t13-,14-/m0/s1. The molecule has 0 saturated carbocycles. The molecule has 3 saturated heterocycles. The third-order valence-electron chi connectivity index (χ3n) is 5.58. The molecule has 0 N–H and O–H groups in total. The normalized spacial score (nSPS) is 35.0. The van der Waals surface area contributed by atoms with Gasteiger partial charge in [0.2, 0.25) is 0 Å². The van der Waals surface area contributed by atoms with E-state index in [1.807, 2.05) is 0 Å². The van der Waals surface area contributed by atoms with E-state index >= 15 is 0 Å². The van der Waals surface area contributed by atoms with E-state index in [9.17, 15) is 4.79 Å². The van der Waals surface area contributed by atoms with E-state index in [1.165, 1.54) is 12.8 Å². The van der Waals surface area contributed by atoms with Crippen molar-refractivity contribution in [3.63, 3.8) is 0 Å². The fourth-order valence-electron chi connectivity index (χ4n) is 4.02. The van der Waals surface area contributed by atoms with E-state index in [-0.39, 0.29) is 12.1 Å². The Labute approximate surface area is 128 Å². The lowest BCUT2D eigenvalue weighted by Gasteiger charge is -2.36. The molecule has 0 aliphatic carbocycles. The van der Waals surface area contributed by atoms with Crippen LogP contribution in [0.25, 0.3) is 0 Å². The van der Waals surface area contributed by atoms with Crippen molar-refractivity contribution < 1.29 is 9.53 Å². The molecule has 2 bridgehead atoms. The molecule has 120 valence electrons. The highest BCUT2D eigenvalue weighted by Gasteiger charge is 2.39. The van der Waals surface area contributed by atoms with Crippen LogP contribution in [0.1, 0.15) is 32.1 Å². The van der Waals surface area contributed by atoms with Crippen LogP contribution in [0.3, 0.4) is 0 Å². The second kappa shape index (κ2) is 6.63. The third-order valence-corrected chi connectivity index (χ3v) is 5.58. The van der Waals surface area contributed by atoms with Gasteiger partial charge in [-0.05, 0) is 39.8 Å². The Morgan fingerprint density at radius 3 is 2.29 bits per heavy atom. The van der Waals surface area contributed by atoms with Crippen molar-refractivity contribution in [2.24, 2.45) is 0 Å². The van der Waals surface area contributed by atoms with Gasteiger partial charge in [-0.3, -0.25) is 4.79 Å². The van der Waals surface area contributed by atoms with Crippen LogP contribution in [0.15, 0.2) is 0 Å². The average molecular weight is 295 g/mol. The van der Waals surface area contributed by atoms with E-state index in [0.717, 1.165) is 45.6 Å². The van der Waals surface area contributed by atoms with Gasteiger partial charge in [0, 0.05) is 44.8 Å². The number of hydrogen-bond donors (Lipinski definition) is 0. The molecule has 21 heavy (non-hydrogen) atoms. The number of carbonyl (C=O) groups is 1. The number of esters is 1. The summed E-state index contributed by atoms with van der Waals surface area (Å²) in [5.41, 5.74) is 0. The molecule has 2 atom stereocenters. The van der Waals surface area contributed by atoms with Crippen LogP contribution in [0.4, 0.5) is 0 Å². The summed E-state index contributed by atoms with van der Waals surface area (Å²) in [6.07, 6.45) is 5.33. The molecule has 3 aliphatic heterocycles. The van der Waals surface area contributed by atoms with Gasteiger partial charge in [-0.2, -0.15) is 0 Å². The van der Waals surface area contributed by atoms with E-state index < -0.39 is 0 Å². The van der Waals surface area contributed by atoms with Gasteiger partial charge in [-0.15, -0.1) is 0 Å². The lowest BCUT2D eigenvalue weighted by molar-refractivity contribution is -0.152. The number of piperazine rings is 1. The molecule has 0 aromatic rings.